The Morgan fingerprint density at radius 2 is 2.28 bits per heavy atom. The molecule has 0 radical (unpaired) electrons. The zero-order valence-corrected chi connectivity index (χ0v) is 10.8. The van der Waals surface area contributed by atoms with Gasteiger partial charge in [0.25, 0.3) is 0 Å². The molecule has 18 heavy (non-hydrogen) atoms. The predicted molar refractivity (Wildman–Crippen MR) is 70.0 cm³/mol. The Morgan fingerprint density at radius 1 is 1.50 bits per heavy atom. The van der Waals surface area contributed by atoms with Crippen LogP contribution in [-0.2, 0) is 4.79 Å². The van der Waals surface area contributed by atoms with Crippen molar-refractivity contribution in [1.82, 2.24) is 5.32 Å². The summed E-state index contributed by atoms with van der Waals surface area (Å²) in [6, 6.07) is 4.88. The summed E-state index contributed by atoms with van der Waals surface area (Å²) in [6.45, 7) is 4.82. The summed E-state index contributed by atoms with van der Waals surface area (Å²) in [5, 5.41) is 5.97. The molecule has 1 heterocycles. The number of hydrogen-bond donors (Lipinski definition) is 2. The highest BCUT2D eigenvalue weighted by Gasteiger charge is 2.27. The van der Waals surface area contributed by atoms with Gasteiger partial charge in [-0.05, 0) is 50.9 Å². The van der Waals surface area contributed by atoms with Gasteiger partial charge in [0, 0.05) is 6.04 Å². The van der Waals surface area contributed by atoms with E-state index in [9.17, 15) is 9.18 Å². The number of amides is 1. The Labute approximate surface area is 107 Å². The third-order valence-corrected chi connectivity index (χ3v) is 3.48. The second-order valence-corrected chi connectivity index (χ2v) is 4.96. The molecule has 0 aliphatic carbocycles. The van der Waals surface area contributed by atoms with Crippen molar-refractivity contribution in [1.29, 1.82) is 0 Å². The molecule has 0 saturated carbocycles. The second kappa shape index (κ2) is 5.48. The van der Waals surface area contributed by atoms with Crippen molar-refractivity contribution in [3.8, 4) is 0 Å². The van der Waals surface area contributed by atoms with Crippen LogP contribution >= 0.6 is 0 Å². The molecule has 98 valence electrons. The van der Waals surface area contributed by atoms with Crippen LogP contribution in [0.4, 0.5) is 10.1 Å². The summed E-state index contributed by atoms with van der Waals surface area (Å²) in [5.41, 5.74) is 1.21. The van der Waals surface area contributed by atoms with Crippen LogP contribution in [0.25, 0.3) is 0 Å². The quantitative estimate of drug-likeness (QED) is 0.846. The minimum atomic E-state index is -0.384. The first kappa shape index (κ1) is 13.0. The predicted octanol–water partition coefficient (Wildman–Crippen LogP) is 2.46. The van der Waals surface area contributed by atoms with Gasteiger partial charge in [-0.1, -0.05) is 6.07 Å². The van der Waals surface area contributed by atoms with E-state index in [4.69, 9.17) is 0 Å². The highest BCUT2D eigenvalue weighted by atomic mass is 19.1. The standard InChI is InChI=1S/C14H19FN2O/c1-9-5-6-12(15)13(8-9)17-14(18)11-4-3-7-16-10(11)2/h5-6,8,10-11,16H,3-4,7H2,1-2H3,(H,17,18). The Hall–Kier alpha value is -1.42. The van der Waals surface area contributed by atoms with Crippen molar-refractivity contribution in [2.24, 2.45) is 5.92 Å². The van der Waals surface area contributed by atoms with Gasteiger partial charge in [-0.2, -0.15) is 0 Å². The van der Waals surface area contributed by atoms with E-state index in [-0.39, 0.29) is 29.4 Å². The number of rotatable bonds is 2. The summed E-state index contributed by atoms with van der Waals surface area (Å²) in [7, 11) is 0. The highest BCUT2D eigenvalue weighted by Crippen LogP contribution is 2.21. The zero-order valence-electron chi connectivity index (χ0n) is 10.8. The molecular weight excluding hydrogens is 231 g/mol. The molecule has 1 saturated heterocycles. The molecule has 4 heteroatoms. The summed E-state index contributed by atoms with van der Waals surface area (Å²) >= 11 is 0. The second-order valence-electron chi connectivity index (χ2n) is 4.96. The van der Waals surface area contributed by atoms with Crippen molar-refractivity contribution >= 4 is 11.6 Å². The molecular formula is C14H19FN2O. The first-order valence-corrected chi connectivity index (χ1v) is 6.38. The average Bonchev–Trinajstić information content (AvgIpc) is 2.34. The minimum absolute atomic E-state index is 0.0846. The van der Waals surface area contributed by atoms with E-state index >= 15 is 0 Å². The van der Waals surface area contributed by atoms with Gasteiger partial charge in [-0.25, -0.2) is 4.39 Å². The lowest BCUT2D eigenvalue weighted by Gasteiger charge is -2.28. The van der Waals surface area contributed by atoms with Gasteiger partial charge < -0.3 is 10.6 Å². The summed E-state index contributed by atoms with van der Waals surface area (Å²) in [4.78, 5) is 12.1. The lowest BCUT2D eigenvalue weighted by Crippen LogP contribution is -2.44. The van der Waals surface area contributed by atoms with Crippen LogP contribution in [0.15, 0.2) is 18.2 Å². The summed E-state index contributed by atoms with van der Waals surface area (Å²) < 4.78 is 13.6. The molecule has 3 nitrogen and oxygen atoms in total. The van der Waals surface area contributed by atoms with Crippen molar-refractivity contribution in [3.05, 3.63) is 29.6 Å². The maximum atomic E-state index is 13.6. The van der Waals surface area contributed by atoms with E-state index < -0.39 is 0 Å². The monoisotopic (exact) mass is 250 g/mol. The Morgan fingerprint density at radius 3 is 3.00 bits per heavy atom. The Bertz CT molecular complexity index is 447. The Balaban J connectivity index is 2.08. The molecule has 1 aliphatic rings. The molecule has 2 atom stereocenters. The van der Waals surface area contributed by atoms with Crippen LogP contribution in [0, 0.1) is 18.7 Å². The van der Waals surface area contributed by atoms with E-state index in [1.807, 2.05) is 13.8 Å². The van der Waals surface area contributed by atoms with Gasteiger partial charge in [-0.3, -0.25) is 4.79 Å². The number of nitrogens with one attached hydrogen (secondary N) is 2. The van der Waals surface area contributed by atoms with E-state index in [1.165, 1.54) is 6.07 Å². The normalized spacial score (nSPS) is 23.7. The van der Waals surface area contributed by atoms with Crippen LogP contribution < -0.4 is 10.6 Å². The zero-order chi connectivity index (χ0) is 13.1. The third kappa shape index (κ3) is 2.88. The van der Waals surface area contributed by atoms with Crippen molar-refractivity contribution in [2.45, 2.75) is 32.7 Å². The molecule has 2 N–H and O–H groups in total. The average molecular weight is 250 g/mol. The third-order valence-electron chi connectivity index (χ3n) is 3.48. The number of halogens is 1. The fourth-order valence-corrected chi connectivity index (χ4v) is 2.36. The smallest absolute Gasteiger partial charge is 0.229 e. The van der Waals surface area contributed by atoms with Gasteiger partial charge in [0.2, 0.25) is 5.91 Å². The van der Waals surface area contributed by atoms with Gasteiger partial charge >= 0.3 is 0 Å². The molecule has 1 amide bonds. The van der Waals surface area contributed by atoms with E-state index in [2.05, 4.69) is 10.6 Å². The SMILES string of the molecule is Cc1ccc(F)c(NC(=O)C2CCCNC2C)c1. The van der Waals surface area contributed by atoms with Crippen LogP contribution in [0.5, 0.6) is 0 Å². The molecule has 1 fully saturated rings. The van der Waals surface area contributed by atoms with Crippen LogP contribution in [0.1, 0.15) is 25.3 Å². The summed E-state index contributed by atoms with van der Waals surface area (Å²) in [6.07, 6.45) is 1.84. The van der Waals surface area contributed by atoms with Crippen molar-refractivity contribution < 1.29 is 9.18 Å². The van der Waals surface area contributed by atoms with E-state index in [0.717, 1.165) is 24.9 Å². The molecule has 0 spiro atoms. The van der Waals surface area contributed by atoms with Gasteiger partial charge in [0.05, 0.1) is 11.6 Å². The van der Waals surface area contributed by atoms with Crippen molar-refractivity contribution in [3.63, 3.8) is 0 Å². The van der Waals surface area contributed by atoms with Gasteiger partial charge in [-0.15, -0.1) is 0 Å². The van der Waals surface area contributed by atoms with E-state index in [1.54, 1.807) is 12.1 Å². The van der Waals surface area contributed by atoms with E-state index in [0.29, 0.717) is 0 Å². The largest absolute Gasteiger partial charge is 0.323 e. The highest BCUT2D eigenvalue weighted by molar-refractivity contribution is 5.93. The number of benzene rings is 1. The first-order valence-electron chi connectivity index (χ1n) is 6.38. The molecule has 2 rings (SSSR count). The number of piperidine rings is 1. The van der Waals surface area contributed by atoms with Crippen LogP contribution in [0.3, 0.4) is 0 Å². The summed E-state index contributed by atoms with van der Waals surface area (Å²) in [5.74, 6) is -0.566. The topological polar surface area (TPSA) is 41.1 Å². The molecule has 1 aliphatic heterocycles. The first-order chi connectivity index (χ1) is 8.58. The fourth-order valence-electron chi connectivity index (χ4n) is 2.36. The molecule has 1 aromatic carbocycles. The van der Waals surface area contributed by atoms with Gasteiger partial charge in [0.15, 0.2) is 0 Å². The number of anilines is 1. The number of carbonyl (C=O) groups is 1. The lowest BCUT2D eigenvalue weighted by atomic mass is 9.91. The van der Waals surface area contributed by atoms with Crippen molar-refractivity contribution in [2.75, 3.05) is 11.9 Å². The van der Waals surface area contributed by atoms with Crippen LogP contribution in [0.2, 0.25) is 0 Å². The Kier molecular flexibility index (Phi) is 3.97. The fraction of sp³-hybridized carbons (Fsp3) is 0.500. The molecule has 2 unspecified atom stereocenters. The molecule has 1 aromatic rings. The van der Waals surface area contributed by atoms with Crippen LogP contribution in [-0.4, -0.2) is 18.5 Å². The van der Waals surface area contributed by atoms with Gasteiger partial charge in [0.1, 0.15) is 5.82 Å². The maximum absolute atomic E-state index is 13.6. The minimum Gasteiger partial charge on any atom is -0.323 e. The number of aryl methyl sites for hydroxylation is 1. The maximum Gasteiger partial charge on any atom is 0.229 e. The molecule has 0 bridgehead atoms. The molecule has 0 aromatic heterocycles. The lowest BCUT2D eigenvalue weighted by molar-refractivity contribution is -0.121. The number of hydrogen-bond acceptors (Lipinski definition) is 2. The number of carbonyl (C=O) groups excluding carboxylic acids is 1.